The first-order valence-corrected chi connectivity index (χ1v) is 17.2. The molecule has 2 aliphatic rings. The molecule has 0 atom stereocenters. The first-order valence-electron chi connectivity index (χ1n) is 17.2. The van der Waals surface area contributed by atoms with Crippen LogP contribution in [0.5, 0.6) is 5.75 Å². The molecule has 1 N–H and O–H groups in total. The van der Waals surface area contributed by atoms with Gasteiger partial charge in [-0.1, -0.05) is 50.3 Å². The Hall–Kier alpha value is -3.32. The minimum atomic E-state index is -0.563. The fourth-order valence-corrected chi connectivity index (χ4v) is 7.23. The van der Waals surface area contributed by atoms with Gasteiger partial charge in [-0.25, -0.2) is 4.79 Å². The summed E-state index contributed by atoms with van der Waals surface area (Å²) in [5, 5.41) is 4.39. The molecule has 1 amide bonds. The number of rotatable bonds is 12. The van der Waals surface area contributed by atoms with Crippen LogP contribution in [-0.2, 0) is 9.53 Å². The van der Waals surface area contributed by atoms with Gasteiger partial charge in [-0.2, -0.15) is 0 Å². The number of fused-ring (bicyclic) bond motifs is 1. The van der Waals surface area contributed by atoms with E-state index in [4.69, 9.17) is 9.47 Å². The molecule has 244 valence electrons. The zero-order chi connectivity index (χ0) is 32.0. The van der Waals surface area contributed by atoms with Crippen LogP contribution in [0, 0.1) is 0 Å². The van der Waals surface area contributed by atoms with E-state index in [-0.39, 0.29) is 18.5 Å². The first kappa shape index (κ1) is 33.1. The van der Waals surface area contributed by atoms with Crippen molar-refractivity contribution < 1.29 is 19.1 Å². The number of aromatic nitrogens is 1. The molecule has 2 aromatic carbocycles. The number of hydrogen-bond donors (Lipinski definition) is 1. The third-order valence-corrected chi connectivity index (χ3v) is 9.47. The van der Waals surface area contributed by atoms with Gasteiger partial charge in [0.25, 0.3) is 5.91 Å². The molecule has 7 heteroatoms. The van der Waals surface area contributed by atoms with Gasteiger partial charge in [0, 0.05) is 36.1 Å². The average Bonchev–Trinajstić information content (AvgIpc) is 3.67. The Morgan fingerprint density at radius 2 is 1.67 bits per heavy atom. The number of esters is 1. The molecule has 0 radical (unpaired) electrons. The second-order valence-electron chi connectivity index (χ2n) is 14.1. The van der Waals surface area contributed by atoms with Crippen LogP contribution in [0.1, 0.15) is 119 Å². The maximum absolute atomic E-state index is 13.3. The Morgan fingerprint density at radius 1 is 0.956 bits per heavy atom. The monoisotopic (exact) mass is 615 g/mol. The minimum Gasteiger partial charge on any atom is -0.483 e. The van der Waals surface area contributed by atoms with Crippen molar-refractivity contribution in [3.05, 3.63) is 53.6 Å². The van der Waals surface area contributed by atoms with Crippen molar-refractivity contribution in [2.75, 3.05) is 33.8 Å². The van der Waals surface area contributed by atoms with E-state index in [1.165, 1.54) is 48.7 Å². The molecule has 3 aromatic rings. The Morgan fingerprint density at radius 3 is 2.38 bits per heavy atom. The summed E-state index contributed by atoms with van der Waals surface area (Å²) >= 11 is 0. The van der Waals surface area contributed by atoms with Crippen LogP contribution < -0.4 is 10.1 Å². The summed E-state index contributed by atoms with van der Waals surface area (Å²) in [6.45, 7) is 7.40. The first-order chi connectivity index (χ1) is 21.7. The highest BCUT2D eigenvalue weighted by atomic mass is 16.6. The number of carbonyl (C=O) groups excluding carboxylic acids is 2. The average molecular weight is 616 g/mol. The van der Waals surface area contributed by atoms with Gasteiger partial charge < -0.3 is 24.3 Å². The number of hydrogen-bond acceptors (Lipinski definition) is 5. The third-order valence-electron chi connectivity index (χ3n) is 9.47. The van der Waals surface area contributed by atoms with Crippen molar-refractivity contribution in [3.8, 4) is 17.0 Å². The zero-order valence-electron chi connectivity index (χ0n) is 28.1. The topological polar surface area (TPSA) is 72.8 Å². The maximum Gasteiger partial charge on any atom is 0.338 e. The molecule has 0 saturated heterocycles. The van der Waals surface area contributed by atoms with E-state index in [0.29, 0.717) is 24.1 Å². The smallest absolute Gasteiger partial charge is 0.338 e. The molecule has 1 heterocycles. The van der Waals surface area contributed by atoms with E-state index in [2.05, 4.69) is 34.1 Å². The van der Waals surface area contributed by atoms with Gasteiger partial charge in [-0.05, 0) is 109 Å². The zero-order valence-corrected chi connectivity index (χ0v) is 28.1. The lowest BCUT2D eigenvalue weighted by molar-refractivity contribution is -0.132. The Kier molecular flexibility index (Phi) is 10.9. The lowest BCUT2D eigenvalue weighted by Gasteiger charge is -2.26. The number of carbonyl (C=O) groups is 2. The summed E-state index contributed by atoms with van der Waals surface area (Å²) in [7, 11) is 3.81. The van der Waals surface area contributed by atoms with E-state index in [0.717, 1.165) is 61.9 Å². The van der Waals surface area contributed by atoms with Gasteiger partial charge >= 0.3 is 5.97 Å². The fraction of sp³-hybridized carbons (Fsp3) is 0.579. The molecule has 2 fully saturated rings. The predicted octanol–water partition coefficient (Wildman–Crippen LogP) is 8.26. The predicted molar refractivity (Wildman–Crippen MR) is 182 cm³/mol. The fourth-order valence-electron chi connectivity index (χ4n) is 7.23. The summed E-state index contributed by atoms with van der Waals surface area (Å²) in [5.74, 6) is 0.868. The summed E-state index contributed by atoms with van der Waals surface area (Å²) in [6, 6.07) is 14.7. The lowest BCUT2D eigenvalue weighted by atomic mass is 9.81. The van der Waals surface area contributed by atoms with E-state index < -0.39 is 5.60 Å². The molecular weight excluding hydrogens is 562 g/mol. The van der Waals surface area contributed by atoms with Crippen LogP contribution in [-0.4, -0.2) is 60.7 Å². The number of benzene rings is 2. The van der Waals surface area contributed by atoms with Crippen LogP contribution in [0.2, 0.25) is 0 Å². The van der Waals surface area contributed by atoms with Crippen LogP contribution in [0.4, 0.5) is 0 Å². The summed E-state index contributed by atoms with van der Waals surface area (Å²) < 4.78 is 14.7. The largest absolute Gasteiger partial charge is 0.483 e. The lowest BCUT2D eigenvalue weighted by Crippen LogP contribution is -2.32. The van der Waals surface area contributed by atoms with Gasteiger partial charge in [0.1, 0.15) is 11.4 Å². The highest BCUT2D eigenvalue weighted by molar-refractivity contribution is 5.99. The molecule has 2 aliphatic carbocycles. The summed E-state index contributed by atoms with van der Waals surface area (Å²) in [5.41, 5.74) is 4.73. The van der Waals surface area contributed by atoms with E-state index in [9.17, 15) is 9.59 Å². The van der Waals surface area contributed by atoms with Crippen molar-refractivity contribution in [1.82, 2.24) is 14.8 Å². The number of nitrogens with one attached hydrogen (secondary N) is 1. The third kappa shape index (κ3) is 7.92. The Balaban J connectivity index is 1.58. The number of ether oxygens (including phenoxy) is 2. The molecular formula is C38H53N3O4. The Bertz CT molecular complexity index is 1460. The summed E-state index contributed by atoms with van der Waals surface area (Å²) in [6.07, 6.45) is 12.6. The normalized spacial score (nSPS) is 16.3. The maximum atomic E-state index is 13.3. The SMILES string of the molecule is CNCCCCN(C)C(=O)COc1ccccc1-c1c(C2CCCCC2)c2ccc(C(=O)OC(C)(C)C)cc2n1C1CCCC1. The van der Waals surface area contributed by atoms with E-state index in [1.807, 2.05) is 53.1 Å². The van der Waals surface area contributed by atoms with Gasteiger partial charge in [0.05, 0.1) is 11.3 Å². The molecule has 1 aromatic heterocycles. The molecule has 0 spiro atoms. The quantitative estimate of drug-likeness (QED) is 0.164. The standard InChI is InChI=1S/C38H53N3O4/c1-38(2,3)45-37(43)28-21-22-30-32(25-28)41(29-17-9-10-18-29)36(35(30)27-15-7-6-8-16-27)31-19-11-12-20-33(31)44-26-34(42)40(5)24-14-13-23-39-4/h11-12,19-22,25,27,29,39H,6-10,13-18,23-24,26H2,1-5H3. The van der Waals surface area contributed by atoms with Crippen molar-refractivity contribution in [1.29, 1.82) is 0 Å². The molecule has 5 rings (SSSR count). The number of amides is 1. The van der Waals surface area contributed by atoms with Crippen molar-refractivity contribution >= 4 is 22.8 Å². The molecule has 45 heavy (non-hydrogen) atoms. The number of nitrogens with zero attached hydrogens (tertiary/aromatic N) is 2. The highest BCUT2D eigenvalue weighted by Crippen LogP contribution is 2.49. The highest BCUT2D eigenvalue weighted by Gasteiger charge is 2.32. The number of unbranched alkanes of at least 4 members (excludes halogenated alkanes) is 1. The molecule has 0 unspecified atom stereocenters. The van der Waals surface area contributed by atoms with E-state index in [1.54, 1.807) is 4.90 Å². The van der Waals surface area contributed by atoms with Crippen LogP contribution in [0.15, 0.2) is 42.5 Å². The van der Waals surface area contributed by atoms with Crippen LogP contribution >= 0.6 is 0 Å². The van der Waals surface area contributed by atoms with E-state index >= 15 is 0 Å². The van der Waals surface area contributed by atoms with Crippen molar-refractivity contribution in [3.63, 3.8) is 0 Å². The number of likely N-dealkylation sites (N-methyl/N-ethyl adjacent to an activating group) is 1. The van der Waals surface area contributed by atoms with Crippen molar-refractivity contribution in [2.24, 2.45) is 0 Å². The number of para-hydroxylation sites is 1. The van der Waals surface area contributed by atoms with Gasteiger partial charge in [0.2, 0.25) is 0 Å². The van der Waals surface area contributed by atoms with Crippen molar-refractivity contribution in [2.45, 2.75) is 109 Å². The van der Waals surface area contributed by atoms with Gasteiger partial charge in [-0.15, -0.1) is 0 Å². The molecule has 0 bridgehead atoms. The van der Waals surface area contributed by atoms with Crippen LogP contribution in [0.3, 0.4) is 0 Å². The van der Waals surface area contributed by atoms with Gasteiger partial charge in [-0.3, -0.25) is 4.79 Å². The molecule has 2 saturated carbocycles. The van der Waals surface area contributed by atoms with Crippen LogP contribution in [0.25, 0.3) is 22.2 Å². The second-order valence-corrected chi connectivity index (χ2v) is 14.1. The minimum absolute atomic E-state index is 0.00471. The molecule has 7 nitrogen and oxygen atoms in total. The second kappa shape index (κ2) is 14.8. The Labute approximate surface area is 269 Å². The van der Waals surface area contributed by atoms with Gasteiger partial charge in [0.15, 0.2) is 6.61 Å². The summed E-state index contributed by atoms with van der Waals surface area (Å²) in [4.78, 5) is 28.1. The molecule has 0 aliphatic heterocycles.